The highest BCUT2D eigenvalue weighted by Crippen LogP contribution is 2.21. The van der Waals surface area contributed by atoms with Crippen LogP contribution in [0.1, 0.15) is 55.4 Å². The number of aromatic nitrogens is 1. The van der Waals surface area contributed by atoms with E-state index in [9.17, 15) is 9.59 Å². The number of hydrogen-bond acceptors (Lipinski definition) is 5. The second-order valence-electron chi connectivity index (χ2n) is 7.34. The summed E-state index contributed by atoms with van der Waals surface area (Å²) in [5.74, 6) is 0.718. The van der Waals surface area contributed by atoms with Crippen LogP contribution in [-0.2, 0) is 4.74 Å². The van der Waals surface area contributed by atoms with E-state index in [-0.39, 0.29) is 11.8 Å². The van der Waals surface area contributed by atoms with Crippen molar-refractivity contribution in [1.29, 1.82) is 0 Å². The van der Waals surface area contributed by atoms with Gasteiger partial charge in [0.25, 0.3) is 5.91 Å². The Hall–Kier alpha value is -2.05. The van der Waals surface area contributed by atoms with Crippen LogP contribution in [0, 0.1) is 19.8 Å². The van der Waals surface area contributed by atoms with Gasteiger partial charge in [-0.2, -0.15) is 0 Å². The second-order valence-corrected chi connectivity index (χ2v) is 7.34. The first kappa shape index (κ1) is 18.3. The Morgan fingerprint density at radius 1 is 1.38 bits per heavy atom. The first-order valence-corrected chi connectivity index (χ1v) is 8.36. The second kappa shape index (κ2) is 7.23. The molecule has 1 saturated heterocycles. The lowest BCUT2D eigenvalue weighted by molar-refractivity contribution is 0.0502. The van der Waals surface area contributed by atoms with Crippen LogP contribution in [0.2, 0.25) is 0 Å². The number of piperidine rings is 1. The molecule has 0 radical (unpaired) electrons. The third-order valence-corrected chi connectivity index (χ3v) is 3.99. The molecule has 134 valence electrons. The van der Waals surface area contributed by atoms with Gasteiger partial charge in [-0.1, -0.05) is 5.16 Å². The van der Waals surface area contributed by atoms with E-state index in [0.29, 0.717) is 36.7 Å². The SMILES string of the molecule is Cc1noc(C)c1C(=O)N1CCC[C@H](CNC(=O)OC(C)(C)C)C1. The summed E-state index contributed by atoms with van der Waals surface area (Å²) >= 11 is 0. The van der Waals surface area contributed by atoms with E-state index in [0.717, 1.165) is 12.8 Å². The van der Waals surface area contributed by atoms with Gasteiger partial charge < -0.3 is 19.5 Å². The fourth-order valence-corrected chi connectivity index (χ4v) is 2.90. The van der Waals surface area contributed by atoms with Crippen molar-refractivity contribution < 1.29 is 18.8 Å². The van der Waals surface area contributed by atoms with Gasteiger partial charge in [0.15, 0.2) is 0 Å². The van der Waals surface area contributed by atoms with Gasteiger partial charge in [0, 0.05) is 19.6 Å². The van der Waals surface area contributed by atoms with Crippen LogP contribution in [0.3, 0.4) is 0 Å². The highest BCUT2D eigenvalue weighted by atomic mass is 16.6. The molecule has 0 aromatic carbocycles. The normalized spacial score (nSPS) is 18.4. The maximum absolute atomic E-state index is 12.7. The number of hydrogen-bond donors (Lipinski definition) is 1. The average Bonchev–Trinajstić information content (AvgIpc) is 2.82. The molecule has 7 heteroatoms. The van der Waals surface area contributed by atoms with Crippen molar-refractivity contribution in [2.75, 3.05) is 19.6 Å². The molecule has 2 heterocycles. The highest BCUT2D eigenvalue weighted by Gasteiger charge is 2.28. The number of likely N-dealkylation sites (tertiary alicyclic amines) is 1. The largest absolute Gasteiger partial charge is 0.444 e. The summed E-state index contributed by atoms with van der Waals surface area (Å²) in [5, 5.41) is 6.64. The maximum Gasteiger partial charge on any atom is 0.407 e. The number of amides is 2. The van der Waals surface area contributed by atoms with Gasteiger partial charge in [-0.15, -0.1) is 0 Å². The fraction of sp³-hybridized carbons (Fsp3) is 0.706. The smallest absolute Gasteiger partial charge is 0.407 e. The van der Waals surface area contributed by atoms with Gasteiger partial charge in [0.2, 0.25) is 0 Å². The van der Waals surface area contributed by atoms with E-state index in [1.165, 1.54) is 0 Å². The molecule has 0 saturated carbocycles. The molecule has 0 spiro atoms. The van der Waals surface area contributed by atoms with E-state index in [1.807, 2.05) is 25.7 Å². The molecule has 1 N–H and O–H groups in total. The first-order chi connectivity index (χ1) is 11.2. The van der Waals surface area contributed by atoms with Crippen LogP contribution in [0.4, 0.5) is 4.79 Å². The molecule has 2 rings (SSSR count). The molecule has 1 atom stereocenters. The molecule has 7 nitrogen and oxygen atoms in total. The summed E-state index contributed by atoms with van der Waals surface area (Å²) in [5.41, 5.74) is 0.657. The summed E-state index contributed by atoms with van der Waals surface area (Å²) in [4.78, 5) is 26.3. The van der Waals surface area contributed by atoms with Crippen LogP contribution >= 0.6 is 0 Å². The summed E-state index contributed by atoms with van der Waals surface area (Å²) in [6.07, 6.45) is 1.47. The number of nitrogens with one attached hydrogen (secondary N) is 1. The Balaban J connectivity index is 1.90. The number of alkyl carbamates (subject to hydrolysis) is 1. The monoisotopic (exact) mass is 337 g/mol. The number of rotatable bonds is 3. The van der Waals surface area contributed by atoms with E-state index in [1.54, 1.807) is 13.8 Å². The predicted molar refractivity (Wildman–Crippen MR) is 88.8 cm³/mol. The van der Waals surface area contributed by atoms with Crippen LogP contribution in [0.5, 0.6) is 0 Å². The number of carbonyl (C=O) groups is 2. The van der Waals surface area contributed by atoms with E-state index in [2.05, 4.69) is 10.5 Å². The van der Waals surface area contributed by atoms with Crippen LogP contribution < -0.4 is 5.32 Å². The Labute approximate surface area is 142 Å². The van der Waals surface area contributed by atoms with Crippen molar-refractivity contribution in [2.24, 2.45) is 5.92 Å². The van der Waals surface area contributed by atoms with Crippen molar-refractivity contribution in [3.8, 4) is 0 Å². The third-order valence-electron chi connectivity index (χ3n) is 3.99. The lowest BCUT2D eigenvalue weighted by Crippen LogP contribution is -2.44. The van der Waals surface area contributed by atoms with Gasteiger partial charge >= 0.3 is 6.09 Å². The molecule has 0 bridgehead atoms. The minimum absolute atomic E-state index is 0.0479. The molecule has 0 unspecified atom stereocenters. The topological polar surface area (TPSA) is 84.7 Å². The van der Waals surface area contributed by atoms with Gasteiger partial charge in [0.05, 0.1) is 5.69 Å². The Morgan fingerprint density at radius 2 is 2.08 bits per heavy atom. The molecule has 1 aliphatic heterocycles. The fourth-order valence-electron chi connectivity index (χ4n) is 2.90. The van der Waals surface area contributed by atoms with Crippen LogP contribution in [-0.4, -0.2) is 47.3 Å². The number of aryl methyl sites for hydroxylation is 2. The molecule has 24 heavy (non-hydrogen) atoms. The molecular weight excluding hydrogens is 310 g/mol. The van der Waals surface area contributed by atoms with Crippen LogP contribution in [0.15, 0.2) is 4.52 Å². The van der Waals surface area contributed by atoms with Gasteiger partial charge in [0.1, 0.15) is 16.9 Å². The summed E-state index contributed by atoms with van der Waals surface area (Å²) in [6, 6.07) is 0. The Bertz CT molecular complexity index is 584. The Kier molecular flexibility index (Phi) is 5.51. The zero-order valence-electron chi connectivity index (χ0n) is 15.1. The van der Waals surface area contributed by atoms with E-state index >= 15 is 0 Å². The zero-order valence-corrected chi connectivity index (χ0v) is 15.1. The van der Waals surface area contributed by atoms with Crippen molar-refractivity contribution in [2.45, 2.75) is 53.1 Å². The standard InChI is InChI=1S/C17H27N3O4/c1-11-14(12(2)24-19-11)15(21)20-8-6-7-13(10-20)9-18-16(22)23-17(3,4)5/h13H,6-10H2,1-5H3,(H,18,22)/t13-/m1/s1. The van der Waals surface area contributed by atoms with E-state index < -0.39 is 11.7 Å². The van der Waals surface area contributed by atoms with Crippen molar-refractivity contribution in [3.63, 3.8) is 0 Å². The number of nitrogens with zero attached hydrogens (tertiary/aromatic N) is 2. The molecule has 1 fully saturated rings. The quantitative estimate of drug-likeness (QED) is 0.916. The molecule has 0 aliphatic carbocycles. The zero-order chi connectivity index (χ0) is 17.9. The average molecular weight is 337 g/mol. The third kappa shape index (κ3) is 4.72. The predicted octanol–water partition coefficient (Wildman–Crippen LogP) is 2.67. The first-order valence-electron chi connectivity index (χ1n) is 8.36. The maximum atomic E-state index is 12.7. The minimum atomic E-state index is -0.512. The van der Waals surface area contributed by atoms with E-state index in [4.69, 9.17) is 9.26 Å². The molecule has 1 aromatic rings. The summed E-state index contributed by atoms with van der Waals surface area (Å²) in [6.45, 7) is 10.8. The summed E-state index contributed by atoms with van der Waals surface area (Å²) in [7, 11) is 0. The van der Waals surface area contributed by atoms with Gasteiger partial charge in [-0.05, 0) is 53.4 Å². The highest BCUT2D eigenvalue weighted by molar-refractivity contribution is 5.96. The molecule has 2 amide bonds. The van der Waals surface area contributed by atoms with Crippen LogP contribution in [0.25, 0.3) is 0 Å². The van der Waals surface area contributed by atoms with Crippen molar-refractivity contribution >= 4 is 12.0 Å². The van der Waals surface area contributed by atoms with Crippen molar-refractivity contribution in [3.05, 3.63) is 17.0 Å². The summed E-state index contributed by atoms with van der Waals surface area (Å²) < 4.78 is 10.3. The number of carbonyl (C=O) groups excluding carboxylic acids is 2. The molecule has 1 aliphatic rings. The lowest BCUT2D eigenvalue weighted by Gasteiger charge is -2.33. The van der Waals surface area contributed by atoms with Crippen molar-refractivity contribution in [1.82, 2.24) is 15.4 Å². The molecule has 1 aromatic heterocycles. The number of ether oxygens (including phenoxy) is 1. The minimum Gasteiger partial charge on any atom is -0.444 e. The van der Waals surface area contributed by atoms with Gasteiger partial charge in [-0.3, -0.25) is 4.79 Å². The van der Waals surface area contributed by atoms with Gasteiger partial charge in [-0.25, -0.2) is 4.79 Å². The Morgan fingerprint density at radius 3 is 2.67 bits per heavy atom. The lowest BCUT2D eigenvalue weighted by atomic mass is 9.97. The molecular formula is C17H27N3O4.